The van der Waals surface area contributed by atoms with Crippen LogP contribution in [0.2, 0.25) is 5.02 Å². The summed E-state index contributed by atoms with van der Waals surface area (Å²) in [7, 11) is 1.52. The molecule has 0 bridgehead atoms. The number of hydrogen-bond donors (Lipinski definition) is 1. The van der Waals surface area contributed by atoms with E-state index in [9.17, 15) is 4.79 Å². The van der Waals surface area contributed by atoms with Crippen LogP contribution in [-0.4, -0.2) is 19.6 Å². The number of para-hydroxylation sites is 1. The maximum absolute atomic E-state index is 12.2. The maximum atomic E-state index is 12.2. The highest BCUT2D eigenvalue weighted by Gasteiger charge is 2.27. The van der Waals surface area contributed by atoms with Crippen LogP contribution in [-0.2, 0) is 0 Å². The molecule has 24 heavy (non-hydrogen) atoms. The Hall–Kier alpha value is -2.66. The lowest BCUT2D eigenvalue weighted by Gasteiger charge is -2.27. The molecule has 1 amide bonds. The Labute approximate surface area is 144 Å². The summed E-state index contributed by atoms with van der Waals surface area (Å²) >= 11 is 6.30. The molecule has 0 aliphatic carbocycles. The molecule has 1 unspecified atom stereocenters. The van der Waals surface area contributed by atoms with E-state index in [0.717, 1.165) is 0 Å². The quantitative estimate of drug-likeness (QED) is 0.839. The molecule has 0 saturated heterocycles. The number of carbonyl (C=O) groups excluding carboxylic acids is 1. The first-order valence-electron chi connectivity index (χ1n) is 7.31. The summed E-state index contributed by atoms with van der Waals surface area (Å²) in [5.74, 6) is 1.19. The van der Waals surface area contributed by atoms with E-state index < -0.39 is 6.23 Å². The average molecular weight is 346 g/mol. The minimum Gasteiger partial charge on any atom is -0.493 e. The number of hydrogen-bond acceptors (Lipinski definition) is 4. The van der Waals surface area contributed by atoms with Gasteiger partial charge in [-0.2, -0.15) is 0 Å². The van der Waals surface area contributed by atoms with Crippen molar-refractivity contribution < 1.29 is 19.0 Å². The van der Waals surface area contributed by atoms with Crippen molar-refractivity contribution in [2.75, 3.05) is 13.7 Å². The minimum absolute atomic E-state index is 0.205. The van der Waals surface area contributed by atoms with Gasteiger partial charge in [-0.05, 0) is 24.3 Å². The molecule has 0 fully saturated rings. The Bertz CT molecular complexity index is 791. The molecule has 124 valence electrons. The van der Waals surface area contributed by atoms with Crippen LogP contribution in [0.4, 0.5) is 0 Å². The van der Waals surface area contributed by atoms with Gasteiger partial charge >= 0.3 is 0 Å². The highest BCUT2D eigenvalue weighted by Crippen LogP contribution is 2.39. The largest absolute Gasteiger partial charge is 0.493 e. The first-order chi connectivity index (χ1) is 11.6. The number of ether oxygens (including phenoxy) is 3. The molecule has 0 radical (unpaired) electrons. The zero-order valence-corrected chi connectivity index (χ0v) is 13.8. The summed E-state index contributed by atoms with van der Waals surface area (Å²) in [4.78, 5) is 12.2. The molecule has 1 heterocycles. The topological polar surface area (TPSA) is 56.8 Å². The van der Waals surface area contributed by atoms with Gasteiger partial charge < -0.3 is 19.5 Å². The number of carbonyl (C=O) groups is 1. The van der Waals surface area contributed by atoms with Crippen molar-refractivity contribution in [1.82, 2.24) is 5.32 Å². The lowest BCUT2D eigenvalue weighted by atomic mass is 10.1. The van der Waals surface area contributed by atoms with Gasteiger partial charge in [-0.15, -0.1) is 0 Å². The second kappa shape index (κ2) is 6.84. The molecule has 0 saturated carbocycles. The van der Waals surface area contributed by atoms with E-state index in [1.165, 1.54) is 7.11 Å². The van der Waals surface area contributed by atoms with Gasteiger partial charge in [0.1, 0.15) is 12.4 Å². The normalized spacial score (nSPS) is 15.8. The third kappa shape index (κ3) is 3.03. The van der Waals surface area contributed by atoms with E-state index in [1.54, 1.807) is 36.4 Å². The SMILES string of the molecule is C=CCOc1c(Cl)cc(C2NC(=O)c3ccccc3O2)cc1OC. The second-order valence-electron chi connectivity index (χ2n) is 5.10. The number of nitrogens with one attached hydrogen (secondary N) is 1. The zero-order chi connectivity index (χ0) is 17.1. The van der Waals surface area contributed by atoms with Crippen molar-refractivity contribution in [3.8, 4) is 17.2 Å². The lowest BCUT2D eigenvalue weighted by molar-refractivity contribution is 0.0755. The van der Waals surface area contributed by atoms with Crippen LogP contribution < -0.4 is 19.5 Å². The Morgan fingerprint density at radius 3 is 2.92 bits per heavy atom. The number of rotatable bonds is 5. The molecule has 1 atom stereocenters. The number of benzene rings is 2. The summed E-state index contributed by atoms with van der Waals surface area (Å²) in [5, 5.41) is 3.16. The van der Waals surface area contributed by atoms with E-state index in [4.69, 9.17) is 25.8 Å². The van der Waals surface area contributed by atoms with E-state index >= 15 is 0 Å². The van der Waals surface area contributed by atoms with E-state index in [1.807, 2.05) is 6.07 Å². The van der Waals surface area contributed by atoms with Gasteiger partial charge in [0.25, 0.3) is 5.91 Å². The smallest absolute Gasteiger partial charge is 0.258 e. The Morgan fingerprint density at radius 2 is 2.17 bits per heavy atom. The van der Waals surface area contributed by atoms with Gasteiger partial charge in [-0.3, -0.25) is 4.79 Å². The summed E-state index contributed by atoms with van der Waals surface area (Å²) < 4.78 is 16.7. The molecular weight excluding hydrogens is 330 g/mol. The van der Waals surface area contributed by atoms with Gasteiger partial charge in [0, 0.05) is 5.56 Å². The maximum Gasteiger partial charge on any atom is 0.258 e. The van der Waals surface area contributed by atoms with Crippen LogP contribution in [0, 0.1) is 0 Å². The monoisotopic (exact) mass is 345 g/mol. The molecule has 1 aliphatic rings. The Morgan fingerprint density at radius 1 is 1.38 bits per heavy atom. The van der Waals surface area contributed by atoms with Crippen LogP contribution in [0.15, 0.2) is 49.1 Å². The van der Waals surface area contributed by atoms with Gasteiger partial charge in [-0.1, -0.05) is 36.4 Å². The van der Waals surface area contributed by atoms with Crippen molar-refractivity contribution in [3.63, 3.8) is 0 Å². The molecule has 1 N–H and O–H groups in total. The first kappa shape index (κ1) is 16.2. The summed E-state index contributed by atoms with van der Waals surface area (Å²) in [6, 6.07) is 10.5. The van der Waals surface area contributed by atoms with Gasteiger partial charge in [0.2, 0.25) is 0 Å². The van der Waals surface area contributed by atoms with Crippen molar-refractivity contribution in [1.29, 1.82) is 0 Å². The number of fused-ring (bicyclic) bond motifs is 1. The molecule has 0 aromatic heterocycles. The highest BCUT2D eigenvalue weighted by molar-refractivity contribution is 6.32. The fourth-order valence-electron chi connectivity index (χ4n) is 2.44. The molecular formula is C18H16ClNO4. The molecule has 5 nitrogen and oxygen atoms in total. The number of methoxy groups -OCH3 is 1. The number of halogens is 1. The molecule has 1 aliphatic heterocycles. The third-order valence-electron chi connectivity index (χ3n) is 3.54. The van der Waals surface area contributed by atoms with E-state index in [-0.39, 0.29) is 5.91 Å². The fraction of sp³-hybridized carbons (Fsp3) is 0.167. The van der Waals surface area contributed by atoms with Crippen LogP contribution in [0.3, 0.4) is 0 Å². The van der Waals surface area contributed by atoms with Gasteiger partial charge in [0.05, 0.1) is 17.7 Å². The fourth-order valence-corrected chi connectivity index (χ4v) is 2.71. The van der Waals surface area contributed by atoms with Crippen molar-refractivity contribution >= 4 is 17.5 Å². The van der Waals surface area contributed by atoms with Crippen molar-refractivity contribution in [3.05, 3.63) is 65.2 Å². The van der Waals surface area contributed by atoms with Gasteiger partial charge in [-0.25, -0.2) is 0 Å². The van der Waals surface area contributed by atoms with Crippen LogP contribution >= 0.6 is 11.6 Å². The summed E-state index contributed by atoms with van der Waals surface area (Å²) in [6.45, 7) is 3.91. The summed E-state index contributed by atoms with van der Waals surface area (Å²) in [6.07, 6.45) is 0.956. The van der Waals surface area contributed by atoms with Crippen molar-refractivity contribution in [2.24, 2.45) is 0 Å². The Balaban J connectivity index is 1.94. The van der Waals surface area contributed by atoms with Crippen LogP contribution in [0.25, 0.3) is 0 Å². The molecule has 0 spiro atoms. The molecule has 3 rings (SSSR count). The zero-order valence-electron chi connectivity index (χ0n) is 13.0. The highest BCUT2D eigenvalue weighted by atomic mass is 35.5. The lowest BCUT2D eigenvalue weighted by Crippen LogP contribution is -2.36. The first-order valence-corrected chi connectivity index (χ1v) is 7.69. The summed E-state index contributed by atoms with van der Waals surface area (Å²) in [5.41, 5.74) is 1.16. The molecule has 2 aromatic rings. The molecule has 2 aromatic carbocycles. The van der Waals surface area contributed by atoms with Crippen LogP contribution in [0.5, 0.6) is 17.2 Å². The van der Waals surface area contributed by atoms with E-state index in [2.05, 4.69) is 11.9 Å². The molecule has 6 heteroatoms. The number of amides is 1. The van der Waals surface area contributed by atoms with Gasteiger partial charge in [0.15, 0.2) is 17.7 Å². The van der Waals surface area contributed by atoms with E-state index in [0.29, 0.717) is 40.0 Å². The Kier molecular flexibility index (Phi) is 4.62. The predicted octanol–water partition coefficient (Wildman–Crippen LogP) is 3.73. The standard InChI is InChI=1S/C18H16ClNO4/c1-3-8-23-16-13(19)9-11(10-15(16)22-2)18-20-17(21)12-6-4-5-7-14(12)24-18/h3-7,9-10,18H,1,8H2,2H3,(H,20,21). The second-order valence-corrected chi connectivity index (χ2v) is 5.51. The predicted molar refractivity (Wildman–Crippen MR) is 91.0 cm³/mol. The average Bonchev–Trinajstić information content (AvgIpc) is 2.60. The minimum atomic E-state index is -0.660. The third-order valence-corrected chi connectivity index (χ3v) is 3.82. The van der Waals surface area contributed by atoms with Crippen LogP contribution in [0.1, 0.15) is 22.1 Å². The van der Waals surface area contributed by atoms with Crippen molar-refractivity contribution in [2.45, 2.75) is 6.23 Å².